The molecule has 0 aliphatic heterocycles. The lowest BCUT2D eigenvalue weighted by Gasteiger charge is -2.25. The first-order chi connectivity index (χ1) is 7.23. The van der Waals surface area contributed by atoms with E-state index in [9.17, 15) is 4.79 Å². The van der Waals surface area contributed by atoms with E-state index in [4.69, 9.17) is 0 Å². The molecule has 4 heteroatoms. The van der Waals surface area contributed by atoms with Crippen LogP contribution in [0.15, 0.2) is 17.5 Å². The van der Waals surface area contributed by atoms with Gasteiger partial charge in [0.1, 0.15) is 0 Å². The number of hydrogen-bond acceptors (Lipinski definition) is 2. The Balaban J connectivity index is 2.59. The zero-order valence-corrected chi connectivity index (χ0v) is 12.5. The molecule has 0 saturated carbocycles. The molecule has 0 aliphatic rings. The predicted molar refractivity (Wildman–Crippen MR) is 73.4 cm³/mol. The van der Waals surface area contributed by atoms with Crippen molar-refractivity contribution >= 4 is 33.2 Å². The van der Waals surface area contributed by atoms with Gasteiger partial charge in [0.05, 0.1) is 4.32 Å². The van der Waals surface area contributed by atoms with Crippen molar-refractivity contribution in [1.82, 2.24) is 5.32 Å². The fraction of sp³-hybridized carbons (Fsp3) is 0.583. The van der Waals surface area contributed by atoms with Crippen molar-refractivity contribution in [1.29, 1.82) is 0 Å². The molecule has 0 atom stereocenters. The van der Waals surface area contributed by atoms with E-state index < -0.39 is 4.32 Å². The summed E-state index contributed by atoms with van der Waals surface area (Å²) >= 11 is 5.08. The van der Waals surface area contributed by atoms with Gasteiger partial charge in [0.2, 0.25) is 5.91 Å². The smallest absolute Gasteiger partial charge is 0.236 e. The number of rotatable bonds is 4. The molecule has 90 valence electrons. The maximum atomic E-state index is 11.7. The van der Waals surface area contributed by atoms with Crippen LogP contribution in [0.25, 0.3) is 0 Å². The molecule has 0 radical (unpaired) electrons. The standard InChI is InChI=1S/C12H18BrNOS/c1-11(2,9-6-5-7-16-9)8-14-10(15)12(3,4)13/h5-7H,8H2,1-4H3,(H,14,15). The highest BCUT2D eigenvalue weighted by Gasteiger charge is 2.27. The topological polar surface area (TPSA) is 29.1 Å². The second-order valence-corrected chi connectivity index (χ2v) is 7.95. The van der Waals surface area contributed by atoms with E-state index in [0.717, 1.165) is 0 Å². The van der Waals surface area contributed by atoms with Gasteiger partial charge in [0.25, 0.3) is 0 Å². The van der Waals surface area contributed by atoms with Crippen LogP contribution in [-0.2, 0) is 10.2 Å². The highest BCUT2D eigenvalue weighted by atomic mass is 79.9. The minimum atomic E-state index is -0.501. The van der Waals surface area contributed by atoms with Gasteiger partial charge in [-0.15, -0.1) is 11.3 Å². The monoisotopic (exact) mass is 303 g/mol. The Morgan fingerprint density at radius 1 is 1.44 bits per heavy atom. The number of nitrogens with one attached hydrogen (secondary N) is 1. The summed E-state index contributed by atoms with van der Waals surface area (Å²) in [6, 6.07) is 4.15. The van der Waals surface area contributed by atoms with Crippen LogP contribution in [-0.4, -0.2) is 16.8 Å². The van der Waals surface area contributed by atoms with Gasteiger partial charge in [-0.05, 0) is 25.3 Å². The minimum absolute atomic E-state index is 0.0118. The van der Waals surface area contributed by atoms with E-state index in [-0.39, 0.29) is 11.3 Å². The van der Waals surface area contributed by atoms with Crippen molar-refractivity contribution < 1.29 is 4.79 Å². The predicted octanol–water partition coefficient (Wildman–Crippen LogP) is 3.32. The fourth-order valence-corrected chi connectivity index (χ4v) is 2.25. The van der Waals surface area contributed by atoms with Gasteiger partial charge in [-0.3, -0.25) is 4.79 Å². The molecule has 2 nitrogen and oxygen atoms in total. The Kier molecular flexibility index (Phi) is 4.18. The maximum absolute atomic E-state index is 11.7. The third-order valence-electron chi connectivity index (χ3n) is 2.42. The van der Waals surface area contributed by atoms with Gasteiger partial charge in [0.15, 0.2) is 0 Å². The second kappa shape index (κ2) is 4.88. The lowest BCUT2D eigenvalue weighted by Crippen LogP contribution is -2.43. The first-order valence-electron chi connectivity index (χ1n) is 5.25. The molecule has 0 aliphatic carbocycles. The zero-order valence-electron chi connectivity index (χ0n) is 10.1. The van der Waals surface area contributed by atoms with Gasteiger partial charge in [-0.1, -0.05) is 35.8 Å². The summed E-state index contributed by atoms with van der Waals surface area (Å²) in [5, 5.41) is 5.03. The molecular weight excluding hydrogens is 286 g/mol. The summed E-state index contributed by atoms with van der Waals surface area (Å²) in [6.45, 7) is 8.63. The molecule has 0 aromatic carbocycles. The van der Waals surface area contributed by atoms with Crippen molar-refractivity contribution in [3.63, 3.8) is 0 Å². The molecule has 1 aromatic heterocycles. The van der Waals surface area contributed by atoms with Crippen molar-refractivity contribution in [2.45, 2.75) is 37.4 Å². The van der Waals surface area contributed by atoms with E-state index in [1.165, 1.54) is 4.88 Å². The molecule has 0 saturated heterocycles. The highest BCUT2D eigenvalue weighted by Crippen LogP contribution is 2.27. The Morgan fingerprint density at radius 2 is 2.06 bits per heavy atom. The largest absolute Gasteiger partial charge is 0.354 e. The molecule has 0 spiro atoms. The van der Waals surface area contributed by atoms with Gasteiger partial charge in [-0.2, -0.15) is 0 Å². The van der Waals surface area contributed by atoms with Crippen molar-refractivity contribution in [2.75, 3.05) is 6.54 Å². The molecule has 1 aromatic rings. The summed E-state index contributed by atoms with van der Waals surface area (Å²) in [4.78, 5) is 13.0. The number of amides is 1. The van der Waals surface area contributed by atoms with Crippen LogP contribution in [0.1, 0.15) is 32.6 Å². The number of halogens is 1. The molecule has 1 N–H and O–H groups in total. The lowest BCUT2D eigenvalue weighted by atomic mass is 9.91. The molecule has 0 bridgehead atoms. The summed E-state index contributed by atoms with van der Waals surface area (Å²) < 4.78 is -0.501. The fourth-order valence-electron chi connectivity index (χ4n) is 1.26. The normalized spacial score (nSPS) is 12.6. The van der Waals surface area contributed by atoms with Crippen molar-refractivity contribution in [3.05, 3.63) is 22.4 Å². The summed E-state index contributed by atoms with van der Waals surface area (Å²) in [7, 11) is 0. The van der Waals surface area contributed by atoms with Crippen LogP contribution in [0.4, 0.5) is 0 Å². The number of carbonyl (C=O) groups excluding carboxylic acids is 1. The van der Waals surface area contributed by atoms with Crippen molar-refractivity contribution in [2.24, 2.45) is 0 Å². The Hall–Kier alpha value is -0.350. The van der Waals surface area contributed by atoms with Gasteiger partial charge >= 0.3 is 0 Å². The van der Waals surface area contributed by atoms with E-state index in [0.29, 0.717) is 6.54 Å². The minimum Gasteiger partial charge on any atom is -0.354 e. The van der Waals surface area contributed by atoms with Gasteiger partial charge < -0.3 is 5.32 Å². The van der Waals surface area contributed by atoms with Crippen LogP contribution in [0.2, 0.25) is 0 Å². The van der Waals surface area contributed by atoms with E-state index in [1.54, 1.807) is 11.3 Å². The van der Waals surface area contributed by atoms with Crippen molar-refractivity contribution in [3.8, 4) is 0 Å². The average molecular weight is 304 g/mol. The van der Waals surface area contributed by atoms with Crippen LogP contribution in [0.5, 0.6) is 0 Å². The number of hydrogen-bond donors (Lipinski definition) is 1. The van der Waals surface area contributed by atoms with E-state index >= 15 is 0 Å². The first kappa shape index (κ1) is 13.7. The molecule has 1 rings (SSSR count). The molecule has 0 unspecified atom stereocenters. The molecule has 16 heavy (non-hydrogen) atoms. The molecular formula is C12H18BrNOS. The zero-order chi connectivity index (χ0) is 12.4. The maximum Gasteiger partial charge on any atom is 0.236 e. The SMILES string of the molecule is CC(C)(Br)C(=O)NCC(C)(C)c1cccs1. The second-order valence-electron chi connectivity index (χ2n) is 5.02. The molecule has 1 amide bonds. The van der Waals surface area contributed by atoms with Crippen LogP contribution in [0, 0.1) is 0 Å². The first-order valence-corrected chi connectivity index (χ1v) is 6.92. The number of alkyl halides is 1. The Bertz CT molecular complexity index is 352. The van der Waals surface area contributed by atoms with Gasteiger partial charge in [-0.25, -0.2) is 0 Å². The number of thiophene rings is 1. The van der Waals surface area contributed by atoms with Gasteiger partial charge in [0, 0.05) is 16.8 Å². The summed E-state index contributed by atoms with van der Waals surface area (Å²) in [5.41, 5.74) is -0.0118. The van der Waals surface area contributed by atoms with Crippen LogP contribution >= 0.6 is 27.3 Å². The summed E-state index contributed by atoms with van der Waals surface area (Å²) in [6.07, 6.45) is 0. The average Bonchev–Trinajstić information content (AvgIpc) is 2.65. The third kappa shape index (κ3) is 3.59. The van der Waals surface area contributed by atoms with Crippen LogP contribution < -0.4 is 5.32 Å². The van der Waals surface area contributed by atoms with E-state index in [2.05, 4.69) is 46.5 Å². The highest BCUT2D eigenvalue weighted by molar-refractivity contribution is 9.10. The summed E-state index contributed by atoms with van der Waals surface area (Å²) in [5.74, 6) is 0.0251. The van der Waals surface area contributed by atoms with E-state index in [1.807, 2.05) is 19.9 Å². The lowest BCUT2D eigenvalue weighted by molar-refractivity contribution is -0.122. The Labute approximate surface area is 110 Å². The quantitative estimate of drug-likeness (QED) is 0.850. The van der Waals surface area contributed by atoms with Crippen LogP contribution in [0.3, 0.4) is 0 Å². The third-order valence-corrected chi connectivity index (χ3v) is 4.01. The number of carbonyl (C=O) groups is 1. The molecule has 0 fully saturated rings. The Morgan fingerprint density at radius 3 is 2.50 bits per heavy atom. The molecule has 1 heterocycles.